The zero-order chi connectivity index (χ0) is 47.9. The molecule has 3 heteroatoms. The Balaban J connectivity index is 1.30. The number of rotatable bonds is 2. The number of hydrogen-bond donors (Lipinski definition) is 0. The monoisotopic (exact) mass is 885 g/mol. The van der Waals surface area contributed by atoms with Gasteiger partial charge in [0.25, 0.3) is 0 Å². The molecule has 0 saturated heterocycles. The van der Waals surface area contributed by atoms with Gasteiger partial charge < -0.3 is 9.05 Å². The smallest absolute Gasteiger partial charge is 0.333 e. The molecular formula is C65H65BN2. The lowest BCUT2D eigenvalue weighted by molar-refractivity contribution is 0.569. The molecule has 0 fully saturated rings. The molecule has 2 aromatic heterocycles. The Hall–Kier alpha value is -6.32. The molecule has 0 saturated carbocycles. The molecule has 0 atom stereocenters. The molecule has 8 aromatic carbocycles. The average molecular weight is 885 g/mol. The van der Waals surface area contributed by atoms with Crippen LogP contribution >= 0.6 is 0 Å². The Morgan fingerprint density at radius 2 is 0.971 bits per heavy atom. The van der Waals surface area contributed by atoms with Crippen molar-refractivity contribution in [1.82, 2.24) is 9.05 Å². The molecule has 0 amide bonds. The molecule has 0 unspecified atom stereocenters. The van der Waals surface area contributed by atoms with Crippen molar-refractivity contribution < 1.29 is 0 Å². The third kappa shape index (κ3) is 6.09. The lowest BCUT2D eigenvalue weighted by Crippen LogP contribution is -2.55. The van der Waals surface area contributed by atoms with Gasteiger partial charge in [0.05, 0.1) is 11.0 Å². The van der Waals surface area contributed by atoms with Crippen LogP contribution in [-0.4, -0.2) is 15.9 Å². The van der Waals surface area contributed by atoms with Crippen molar-refractivity contribution in [2.24, 2.45) is 0 Å². The number of hydrogen-bond acceptors (Lipinski definition) is 0. The quantitative estimate of drug-likeness (QED) is 0.153. The number of fused-ring (bicyclic) bond motifs is 12. The third-order valence-corrected chi connectivity index (χ3v) is 15.9. The van der Waals surface area contributed by atoms with E-state index in [4.69, 9.17) is 0 Å². The molecule has 68 heavy (non-hydrogen) atoms. The molecule has 0 aliphatic carbocycles. The van der Waals surface area contributed by atoms with Crippen LogP contribution in [0.15, 0.2) is 121 Å². The van der Waals surface area contributed by atoms with Crippen molar-refractivity contribution in [2.45, 2.75) is 126 Å². The van der Waals surface area contributed by atoms with E-state index in [1.54, 1.807) is 0 Å². The first kappa shape index (κ1) is 43.0. The lowest BCUT2D eigenvalue weighted by atomic mass is 9.45. The van der Waals surface area contributed by atoms with E-state index in [-0.39, 0.29) is 28.5 Å². The van der Waals surface area contributed by atoms with Gasteiger partial charge in [0.1, 0.15) is 0 Å². The van der Waals surface area contributed by atoms with Crippen LogP contribution in [0, 0.1) is 20.8 Å². The molecule has 2 nitrogen and oxygen atoms in total. The summed E-state index contributed by atoms with van der Waals surface area (Å²) in [5.41, 5.74) is 26.5. The van der Waals surface area contributed by atoms with E-state index in [9.17, 15) is 0 Å². The molecule has 338 valence electrons. The summed E-state index contributed by atoms with van der Waals surface area (Å²) >= 11 is 0. The number of aromatic nitrogens is 2. The molecular weight excluding hydrogens is 820 g/mol. The predicted molar refractivity (Wildman–Crippen MR) is 297 cm³/mol. The van der Waals surface area contributed by atoms with Gasteiger partial charge in [0.2, 0.25) is 0 Å². The standard InChI is InChI=1S/C65H65BN2/c1-36-26-51-48-24-23-45-46(57-37(2)18-16-19-38(57)3)20-17-21-47(45)59(48)67-56-31-40(39-28-42(63(7,8)9)32-43(29-39)64(10,11)12)30-50-53-35-44(65(13,14)15)34-52-49-33-41(62(4,5)6)22-25-55(49)68(60(52)53)66(58(50)56)54(27-36)61(51)67/h16-35H,1-15H3. The fraction of sp³-hybridized carbons (Fsp3) is 0.292. The van der Waals surface area contributed by atoms with E-state index in [2.05, 4.69) is 234 Å². The molecule has 2 aliphatic heterocycles. The summed E-state index contributed by atoms with van der Waals surface area (Å²) in [5, 5.41) is 7.93. The number of nitrogens with zero attached hydrogens (tertiary/aromatic N) is 2. The SMILES string of the molecule is Cc1cc2c3c(c1)c1ccc4c(-c5c(C)cccc5C)cccc4c1n3-c1cc(-c3cc(C(C)(C)C)cc(C(C)(C)C)c3)cc3c1B2n1c2ccc(C(C)(C)C)cc2c2cc(C(C)(C)C)cc-3c21. The summed E-state index contributed by atoms with van der Waals surface area (Å²) in [7, 11) is 0. The summed E-state index contributed by atoms with van der Waals surface area (Å²) in [6, 6.07) is 48.6. The first-order valence-electron chi connectivity index (χ1n) is 25.0. The van der Waals surface area contributed by atoms with E-state index < -0.39 is 0 Å². The number of aryl methyl sites for hydroxylation is 3. The second kappa shape index (κ2) is 13.9. The molecule has 12 rings (SSSR count). The van der Waals surface area contributed by atoms with Gasteiger partial charge in [0, 0.05) is 49.2 Å². The highest BCUT2D eigenvalue weighted by atomic mass is 15.0. The maximum absolute atomic E-state index is 2.76. The maximum Gasteiger partial charge on any atom is 0.333 e. The van der Waals surface area contributed by atoms with E-state index >= 15 is 0 Å². The van der Waals surface area contributed by atoms with Crippen LogP contribution in [0.3, 0.4) is 0 Å². The second-order valence-electron chi connectivity index (χ2n) is 24.9. The van der Waals surface area contributed by atoms with Gasteiger partial charge in [-0.3, -0.25) is 0 Å². The highest BCUT2D eigenvalue weighted by molar-refractivity contribution is 6.90. The maximum atomic E-state index is 2.76. The highest BCUT2D eigenvalue weighted by Crippen LogP contribution is 2.49. The third-order valence-electron chi connectivity index (χ3n) is 15.9. The zero-order valence-corrected chi connectivity index (χ0v) is 43.0. The highest BCUT2D eigenvalue weighted by Gasteiger charge is 2.43. The average Bonchev–Trinajstić information content (AvgIpc) is 3.78. The summed E-state index contributed by atoms with van der Waals surface area (Å²) in [5.74, 6) is 0. The van der Waals surface area contributed by atoms with Crippen molar-refractivity contribution >= 4 is 72.2 Å². The minimum atomic E-state index is -0.0590. The Bertz CT molecular complexity index is 3800. The molecule has 10 aromatic rings. The second-order valence-corrected chi connectivity index (χ2v) is 24.9. The van der Waals surface area contributed by atoms with Crippen molar-refractivity contribution in [3.8, 4) is 39.1 Å². The molecule has 0 bridgehead atoms. The summed E-state index contributed by atoms with van der Waals surface area (Å²) in [6.07, 6.45) is 0. The molecule has 0 N–H and O–H groups in total. The topological polar surface area (TPSA) is 9.86 Å². The van der Waals surface area contributed by atoms with Crippen LogP contribution in [0.25, 0.3) is 93.5 Å². The van der Waals surface area contributed by atoms with Crippen LogP contribution < -0.4 is 10.9 Å². The largest absolute Gasteiger partial charge is 0.375 e. The Labute approximate surface area is 404 Å². The Morgan fingerprint density at radius 1 is 0.397 bits per heavy atom. The van der Waals surface area contributed by atoms with Crippen molar-refractivity contribution in [1.29, 1.82) is 0 Å². The summed E-state index contributed by atoms with van der Waals surface area (Å²) < 4.78 is 5.47. The van der Waals surface area contributed by atoms with E-state index in [0.717, 1.165) is 0 Å². The van der Waals surface area contributed by atoms with E-state index in [1.807, 2.05) is 0 Å². The van der Waals surface area contributed by atoms with Gasteiger partial charge in [-0.1, -0.05) is 168 Å². The van der Waals surface area contributed by atoms with Crippen LogP contribution in [0.4, 0.5) is 0 Å². The van der Waals surface area contributed by atoms with Crippen molar-refractivity contribution in [3.05, 3.63) is 160 Å². The lowest BCUT2D eigenvalue weighted by Gasteiger charge is -2.35. The van der Waals surface area contributed by atoms with Gasteiger partial charge in [-0.15, -0.1) is 0 Å². The van der Waals surface area contributed by atoms with Crippen LogP contribution in [0.1, 0.15) is 122 Å². The van der Waals surface area contributed by atoms with Gasteiger partial charge in [0.15, 0.2) is 0 Å². The minimum Gasteiger partial charge on any atom is -0.375 e. The minimum absolute atomic E-state index is 0.0147. The fourth-order valence-corrected chi connectivity index (χ4v) is 12.2. The number of benzene rings is 8. The first-order valence-corrected chi connectivity index (χ1v) is 25.0. The normalized spacial score (nSPS) is 13.8. The summed E-state index contributed by atoms with van der Waals surface area (Å²) in [6.45, 7) is 35.1. The summed E-state index contributed by atoms with van der Waals surface area (Å²) in [4.78, 5) is 0. The molecule has 4 heterocycles. The molecule has 2 aliphatic rings. The van der Waals surface area contributed by atoms with E-state index in [0.29, 0.717) is 0 Å². The van der Waals surface area contributed by atoms with Crippen LogP contribution in [-0.2, 0) is 21.7 Å². The molecule has 0 radical (unpaired) electrons. The van der Waals surface area contributed by atoms with Gasteiger partial charge in [-0.25, -0.2) is 0 Å². The van der Waals surface area contributed by atoms with Gasteiger partial charge >= 0.3 is 6.85 Å². The first-order chi connectivity index (χ1) is 32.0. The fourth-order valence-electron chi connectivity index (χ4n) is 12.2. The van der Waals surface area contributed by atoms with Gasteiger partial charge in [-0.05, 0) is 162 Å². The molecule has 0 spiro atoms. The van der Waals surface area contributed by atoms with Crippen molar-refractivity contribution in [3.63, 3.8) is 0 Å². The van der Waals surface area contributed by atoms with Gasteiger partial charge in [-0.2, -0.15) is 0 Å². The zero-order valence-electron chi connectivity index (χ0n) is 43.0. The van der Waals surface area contributed by atoms with Crippen molar-refractivity contribution in [2.75, 3.05) is 0 Å². The van der Waals surface area contributed by atoms with Crippen LogP contribution in [0.2, 0.25) is 0 Å². The predicted octanol–water partition coefficient (Wildman–Crippen LogP) is 16.4. The van der Waals surface area contributed by atoms with Crippen LogP contribution in [0.5, 0.6) is 0 Å². The Morgan fingerprint density at radius 3 is 1.63 bits per heavy atom. The van der Waals surface area contributed by atoms with E-state index in [1.165, 1.54) is 143 Å². The Kier molecular flexibility index (Phi) is 8.79.